The molecule has 100 valence electrons. The summed E-state index contributed by atoms with van der Waals surface area (Å²) in [4.78, 5) is 3.97. The van der Waals surface area contributed by atoms with E-state index in [1.165, 1.54) is 25.4 Å². The molecule has 0 bridgehead atoms. The van der Waals surface area contributed by atoms with E-state index in [2.05, 4.69) is 4.98 Å². The molecule has 0 aliphatic heterocycles. The second-order valence-electron chi connectivity index (χ2n) is 3.90. The molecule has 0 spiro atoms. The standard InChI is InChI=1S/C13H11F3N2O/c1-19-12-11(17)6-9(7-18-12)8-2-4-10(5-3-8)13(14,15)16/h2-7H,17H2,1H3. The van der Waals surface area contributed by atoms with E-state index < -0.39 is 11.7 Å². The van der Waals surface area contributed by atoms with Crippen molar-refractivity contribution in [3.63, 3.8) is 0 Å². The number of anilines is 1. The lowest BCUT2D eigenvalue weighted by atomic mass is 10.1. The Morgan fingerprint density at radius 3 is 2.21 bits per heavy atom. The minimum absolute atomic E-state index is 0.288. The number of hydrogen-bond donors (Lipinski definition) is 1. The predicted molar refractivity (Wildman–Crippen MR) is 65.6 cm³/mol. The van der Waals surface area contributed by atoms with Crippen molar-refractivity contribution in [3.8, 4) is 17.0 Å². The van der Waals surface area contributed by atoms with Gasteiger partial charge in [0.25, 0.3) is 0 Å². The first-order chi connectivity index (χ1) is 8.91. The van der Waals surface area contributed by atoms with Crippen molar-refractivity contribution in [1.29, 1.82) is 0 Å². The van der Waals surface area contributed by atoms with Gasteiger partial charge in [0.1, 0.15) is 0 Å². The Bertz CT molecular complexity index is 579. The SMILES string of the molecule is COc1ncc(-c2ccc(C(F)(F)F)cc2)cc1N. The predicted octanol–water partition coefficient (Wildman–Crippen LogP) is 3.36. The van der Waals surface area contributed by atoms with Gasteiger partial charge in [-0.3, -0.25) is 0 Å². The number of halogens is 3. The quantitative estimate of drug-likeness (QED) is 0.908. The number of nitrogens with two attached hydrogens (primary N) is 1. The molecule has 0 fully saturated rings. The topological polar surface area (TPSA) is 48.1 Å². The summed E-state index contributed by atoms with van der Waals surface area (Å²) in [6.07, 6.45) is -2.84. The first kappa shape index (κ1) is 13.2. The van der Waals surface area contributed by atoms with Crippen LogP contribution in [0.25, 0.3) is 11.1 Å². The zero-order valence-electron chi connectivity index (χ0n) is 10.0. The molecule has 0 atom stereocenters. The molecule has 0 radical (unpaired) electrons. The van der Waals surface area contributed by atoms with E-state index in [0.717, 1.165) is 12.1 Å². The van der Waals surface area contributed by atoms with Gasteiger partial charge in [-0.1, -0.05) is 12.1 Å². The number of alkyl halides is 3. The molecule has 19 heavy (non-hydrogen) atoms. The molecule has 0 saturated carbocycles. The van der Waals surface area contributed by atoms with Gasteiger partial charge in [-0.2, -0.15) is 13.2 Å². The number of nitrogen functional groups attached to an aromatic ring is 1. The van der Waals surface area contributed by atoms with Gasteiger partial charge in [-0.25, -0.2) is 4.98 Å². The number of benzene rings is 1. The molecule has 0 aliphatic rings. The second-order valence-corrected chi connectivity index (χ2v) is 3.90. The van der Waals surface area contributed by atoms with Crippen molar-refractivity contribution < 1.29 is 17.9 Å². The molecule has 1 heterocycles. The van der Waals surface area contributed by atoms with E-state index in [-0.39, 0.29) is 5.88 Å². The third kappa shape index (κ3) is 2.78. The Hall–Kier alpha value is -2.24. The van der Waals surface area contributed by atoms with Gasteiger partial charge >= 0.3 is 6.18 Å². The molecule has 2 aromatic rings. The first-order valence-electron chi connectivity index (χ1n) is 5.39. The Morgan fingerprint density at radius 1 is 1.11 bits per heavy atom. The molecule has 1 aromatic carbocycles. The Balaban J connectivity index is 2.35. The van der Waals surface area contributed by atoms with Crippen LogP contribution in [-0.2, 0) is 6.18 Å². The average molecular weight is 268 g/mol. The highest BCUT2D eigenvalue weighted by atomic mass is 19.4. The van der Waals surface area contributed by atoms with Crippen LogP contribution in [0.1, 0.15) is 5.56 Å². The molecule has 1 aromatic heterocycles. The lowest BCUT2D eigenvalue weighted by Crippen LogP contribution is -2.04. The van der Waals surface area contributed by atoms with Gasteiger partial charge in [0, 0.05) is 11.8 Å². The second kappa shape index (κ2) is 4.79. The fourth-order valence-corrected chi connectivity index (χ4v) is 1.65. The van der Waals surface area contributed by atoms with Crippen molar-refractivity contribution in [2.75, 3.05) is 12.8 Å². The lowest BCUT2D eigenvalue weighted by molar-refractivity contribution is -0.137. The van der Waals surface area contributed by atoms with Crippen LogP contribution in [0.3, 0.4) is 0 Å². The van der Waals surface area contributed by atoms with E-state index >= 15 is 0 Å². The molecule has 0 amide bonds. The summed E-state index contributed by atoms with van der Waals surface area (Å²) in [6.45, 7) is 0. The first-order valence-corrected chi connectivity index (χ1v) is 5.39. The molecule has 2 N–H and O–H groups in total. The highest BCUT2D eigenvalue weighted by Gasteiger charge is 2.29. The van der Waals surface area contributed by atoms with Gasteiger partial charge in [-0.15, -0.1) is 0 Å². The summed E-state index contributed by atoms with van der Waals surface area (Å²) in [6, 6.07) is 6.41. The van der Waals surface area contributed by atoms with Gasteiger partial charge < -0.3 is 10.5 Å². The van der Waals surface area contributed by atoms with E-state index in [1.54, 1.807) is 6.07 Å². The summed E-state index contributed by atoms with van der Waals surface area (Å²) < 4.78 is 42.2. The van der Waals surface area contributed by atoms with E-state index in [1.807, 2.05) is 0 Å². The number of rotatable bonds is 2. The minimum atomic E-state index is -4.34. The molecule has 0 saturated heterocycles. The van der Waals surface area contributed by atoms with Gasteiger partial charge in [0.2, 0.25) is 5.88 Å². The van der Waals surface area contributed by atoms with Crippen molar-refractivity contribution >= 4 is 5.69 Å². The summed E-state index contributed by atoms with van der Waals surface area (Å²) in [5.41, 5.74) is 6.58. The smallest absolute Gasteiger partial charge is 0.416 e. The number of hydrogen-bond acceptors (Lipinski definition) is 3. The third-order valence-electron chi connectivity index (χ3n) is 2.62. The normalized spacial score (nSPS) is 11.4. The molecule has 6 heteroatoms. The van der Waals surface area contributed by atoms with Gasteiger partial charge in [-0.05, 0) is 23.8 Å². The molecule has 3 nitrogen and oxygen atoms in total. The summed E-state index contributed by atoms with van der Waals surface area (Å²) in [5, 5.41) is 0. The average Bonchev–Trinajstić information content (AvgIpc) is 2.38. The minimum Gasteiger partial charge on any atom is -0.480 e. The van der Waals surface area contributed by atoms with Crippen LogP contribution in [0.5, 0.6) is 5.88 Å². The van der Waals surface area contributed by atoms with Crippen LogP contribution < -0.4 is 10.5 Å². The van der Waals surface area contributed by atoms with Crippen molar-refractivity contribution in [2.24, 2.45) is 0 Å². The van der Waals surface area contributed by atoms with Crippen molar-refractivity contribution in [3.05, 3.63) is 42.1 Å². The highest BCUT2D eigenvalue weighted by Crippen LogP contribution is 2.31. The monoisotopic (exact) mass is 268 g/mol. The summed E-state index contributed by atoms with van der Waals surface area (Å²) in [7, 11) is 1.44. The maximum Gasteiger partial charge on any atom is 0.416 e. The fourth-order valence-electron chi connectivity index (χ4n) is 1.65. The van der Waals surface area contributed by atoms with Crippen molar-refractivity contribution in [1.82, 2.24) is 4.98 Å². The zero-order valence-corrected chi connectivity index (χ0v) is 10.0. The number of pyridine rings is 1. The lowest BCUT2D eigenvalue weighted by Gasteiger charge is -2.09. The van der Waals surface area contributed by atoms with Crippen LogP contribution in [0.2, 0.25) is 0 Å². The van der Waals surface area contributed by atoms with E-state index in [4.69, 9.17) is 10.5 Å². The number of nitrogens with zero attached hydrogens (tertiary/aromatic N) is 1. The molecular formula is C13H11F3N2O. The van der Waals surface area contributed by atoms with Crippen LogP contribution in [0.15, 0.2) is 36.5 Å². The summed E-state index contributed by atoms with van der Waals surface area (Å²) >= 11 is 0. The Labute approximate surface area is 107 Å². The molecule has 0 aliphatic carbocycles. The fraction of sp³-hybridized carbons (Fsp3) is 0.154. The Morgan fingerprint density at radius 2 is 1.74 bits per heavy atom. The van der Waals surface area contributed by atoms with E-state index in [0.29, 0.717) is 16.8 Å². The number of methoxy groups -OCH3 is 1. The maximum absolute atomic E-state index is 12.4. The third-order valence-corrected chi connectivity index (χ3v) is 2.62. The Kier molecular flexibility index (Phi) is 3.33. The maximum atomic E-state index is 12.4. The van der Waals surface area contributed by atoms with E-state index in [9.17, 15) is 13.2 Å². The van der Waals surface area contributed by atoms with Crippen LogP contribution in [0.4, 0.5) is 18.9 Å². The highest BCUT2D eigenvalue weighted by molar-refractivity contribution is 5.68. The van der Waals surface area contributed by atoms with Gasteiger partial charge in [0.05, 0.1) is 18.4 Å². The van der Waals surface area contributed by atoms with Gasteiger partial charge in [0.15, 0.2) is 0 Å². The van der Waals surface area contributed by atoms with Crippen LogP contribution >= 0.6 is 0 Å². The van der Waals surface area contributed by atoms with Crippen LogP contribution in [-0.4, -0.2) is 12.1 Å². The molecule has 2 rings (SSSR count). The molecular weight excluding hydrogens is 257 g/mol. The van der Waals surface area contributed by atoms with Crippen LogP contribution in [0, 0.1) is 0 Å². The zero-order chi connectivity index (χ0) is 14.0. The largest absolute Gasteiger partial charge is 0.480 e. The number of ether oxygens (including phenoxy) is 1. The number of aromatic nitrogens is 1. The molecule has 0 unspecified atom stereocenters. The summed E-state index contributed by atoms with van der Waals surface area (Å²) in [5.74, 6) is 0.288. The van der Waals surface area contributed by atoms with Crippen molar-refractivity contribution in [2.45, 2.75) is 6.18 Å².